The normalized spacial score (nSPS) is 14.2. The Morgan fingerprint density at radius 1 is 0.947 bits per heavy atom. The van der Waals surface area contributed by atoms with E-state index in [2.05, 4.69) is 24.4 Å². The van der Waals surface area contributed by atoms with Crippen LogP contribution < -0.4 is 10.1 Å². The Balaban J connectivity index is 1.55. The third-order valence-corrected chi connectivity index (χ3v) is 8.22. The molecule has 0 heterocycles. The predicted molar refractivity (Wildman–Crippen MR) is 155 cm³/mol. The molecule has 0 aliphatic heterocycles. The SMILES string of the molecule is COc1ccc(CSCC(=O)N(Cc2ccccc2C)C(Cc2ccccc2)C(=O)NC2CCCC2)cc1. The van der Waals surface area contributed by atoms with Crippen LogP contribution in [0.15, 0.2) is 78.9 Å². The Morgan fingerprint density at radius 2 is 1.63 bits per heavy atom. The average molecular weight is 531 g/mol. The van der Waals surface area contributed by atoms with Crippen molar-refractivity contribution in [3.05, 3.63) is 101 Å². The van der Waals surface area contributed by atoms with Gasteiger partial charge in [-0.25, -0.2) is 0 Å². The van der Waals surface area contributed by atoms with E-state index in [4.69, 9.17) is 4.74 Å². The van der Waals surface area contributed by atoms with Crippen LogP contribution in [-0.2, 0) is 28.3 Å². The minimum atomic E-state index is -0.577. The quantitative estimate of drug-likeness (QED) is 0.315. The lowest BCUT2D eigenvalue weighted by Gasteiger charge is -2.32. The fraction of sp³-hybridized carbons (Fsp3) is 0.375. The molecule has 1 N–H and O–H groups in total. The van der Waals surface area contributed by atoms with E-state index in [1.165, 1.54) is 0 Å². The van der Waals surface area contributed by atoms with Gasteiger partial charge in [-0.3, -0.25) is 9.59 Å². The molecule has 0 aromatic heterocycles. The summed E-state index contributed by atoms with van der Waals surface area (Å²) in [6, 6.07) is 25.7. The highest BCUT2D eigenvalue weighted by Gasteiger charge is 2.32. The van der Waals surface area contributed by atoms with Gasteiger partial charge in [-0.05, 0) is 54.2 Å². The molecule has 38 heavy (non-hydrogen) atoms. The van der Waals surface area contributed by atoms with Crippen molar-refractivity contribution in [2.24, 2.45) is 0 Å². The summed E-state index contributed by atoms with van der Waals surface area (Å²) in [5, 5.41) is 3.28. The lowest BCUT2D eigenvalue weighted by atomic mass is 10.0. The van der Waals surface area contributed by atoms with E-state index in [0.717, 1.165) is 53.7 Å². The van der Waals surface area contributed by atoms with Gasteiger partial charge in [0.15, 0.2) is 0 Å². The van der Waals surface area contributed by atoms with Crippen LogP contribution in [0.25, 0.3) is 0 Å². The van der Waals surface area contributed by atoms with Crippen molar-refractivity contribution in [1.82, 2.24) is 10.2 Å². The number of hydrogen-bond donors (Lipinski definition) is 1. The molecule has 1 atom stereocenters. The Labute approximate surface area is 231 Å². The van der Waals surface area contributed by atoms with Crippen molar-refractivity contribution in [2.75, 3.05) is 12.9 Å². The van der Waals surface area contributed by atoms with E-state index in [1.54, 1.807) is 23.8 Å². The van der Waals surface area contributed by atoms with Crippen molar-refractivity contribution in [2.45, 2.75) is 63.4 Å². The molecule has 2 amide bonds. The lowest BCUT2D eigenvalue weighted by Crippen LogP contribution is -2.52. The molecule has 3 aromatic carbocycles. The first-order valence-electron chi connectivity index (χ1n) is 13.4. The number of rotatable bonds is 12. The molecule has 5 nitrogen and oxygen atoms in total. The summed E-state index contributed by atoms with van der Waals surface area (Å²) >= 11 is 1.58. The topological polar surface area (TPSA) is 58.6 Å². The van der Waals surface area contributed by atoms with E-state index >= 15 is 0 Å². The van der Waals surface area contributed by atoms with Gasteiger partial charge in [0.25, 0.3) is 0 Å². The molecule has 200 valence electrons. The highest BCUT2D eigenvalue weighted by molar-refractivity contribution is 7.99. The maximum Gasteiger partial charge on any atom is 0.243 e. The number of benzene rings is 3. The summed E-state index contributed by atoms with van der Waals surface area (Å²) in [6.45, 7) is 2.46. The monoisotopic (exact) mass is 530 g/mol. The first kappa shape index (κ1) is 27.8. The van der Waals surface area contributed by atoms with Gasteiger partial charge in [0.1, 0.15) is 11.8 Å². The summed E-state index contributed by atoms with van der Waals surface area (Å²) in [7, 11) is 1.65. The lowest BCUT2D eigenvalue weighted by molar-refractivity contribution is -0.139. The third kappa shape index (κ3) is 7.87. The number of hydrogen-bond acceptors (Lipinski definition) is 4. The molecular weight excluding hydrogens is 492 g/mol. The Bertz CT molecular complexity index is 1180. The molecule has 1 saturated carbocycles. The van der Waals surface area contributed by atoms with Gasteiger partial charge in [0, 0.05) is 24.8 Å². The van der Waals surface area contributed by atoms with Crippen LogP contribution in [0.5, 0.6) is 5.75 Å². The van der Waals surface area contributed by atoms with Crippen molar-refractivity contribution in [1.29, 1.82) is 0 Å². The van der Waals surface area contributed by atoms with E-state index in [1.807, 2.05) is 66.7 Å². The van der Waals surface area contributed by atoms with E-state index in [-0.39, 0.29) is 17.9 Å². The molecule has 1 aliphatic rings. The molecule has 0 radical (unpaired) electrons. The van der Waals surface area contributed by atoms with Gasteiger partial charge in [-0.1, -0.05) is 79.6 Å². The Hall–Kier alpha value is -3.25. The van der Waals surface area contributed by atoms with Gasteiger partial charge in [-0.15, -0.1) is 11.8 Å². The number of aryl methyl sites for hydroxylation is 1. The van der Waals surface area contributed by atoms with Crippen molar-refractivity contribution >= 4 is 23.6 Å². The molecule has 6 heteroatoms. The largest absolute Gasteiger partial charge is 0.497 e. The van der Waals surface area contributed by atoms with Gasteiger partial charge in [-0.2, -0.15) is 0 Å². The van der Waals surface area contributed by atoms with Crippen molar-refractivity contribution in [3.63, 3.8) is 0 Å². The van der Waals surface area contributed by atoms with Gasteiger partial charge < -0.3 is 15.0 Å². The number of amides is 2. The molecule has 0 saturated heterocycles. The van der Waals surface area contributed by atoms with Crippen LogP contribution in [0, 0.1) is 6.92 Å². The zero-order valence-electron chi connectivity index (χ0n) is 22.4. The summed E-state index contributed by atoms with van der Waals surface area (Å²) < 4.78 is 5.25. The predicted octanol–water partition coefficient (Wildman–Crippen LogP) is 5.94. The summed E-state index contributed by atoms with van der Waals surface area (Å²) in [5.74, 6) is 1.76. The zero-order valence-corrected chi connectivity index (χ0v) is 23.2. The standard InChI is InChI=1S/C32H38N2O3S/c1-24-10-6-7-13-27(24)21-34(31(35)23-38-22-26-16-18-29(37-2)19-17-26)30(20-25-11-4-3-5-12-25)32(36)33-28-14-8-9-15-28/h3-7,10-13,16-19,28,30H,8-9,14-15,20-23H2,1-2H3,(H,33,36). The molecule has 0 bridgehead atoms. The second-order valence-electron chi connectivity index (χ2n) is 9.98. The number of carbonyl (C=O) groups excluding carboxylic acids is 2. The van der Waals surface area contributed by atoms with Crippen LogP contribution in [0.3, 0.4) is 0 Å². The summed E-state index contributed by atoms with van der Waals surface area (Å²) in [5.41, 5.74) is 4.36. The minimum absolute atomic E-state index is 0.0192. The highest BCUT2D eigenvalue weighted by Crippen LogP contribution is 2.22. The zero-order chi connectivity index (χ0) is 26.7. The van der Waals surface area contributed by atoms with Gasteiger partial charge >= 0.3 is 0 Å². The number of nitrogens with one attached hydrogen (secondary N) is 1. The smallest absolute Gasteiger partial charge is 0.243 e. The molecule has 0 spiro atoms. The van der Waals surface area contributed by atoms with Crippen LogP contribution in [0.2, 0.25) is 0 Å². The fourth-order valence-corrected chi connectivity index (χ4v) is 5.82. The Kier molecular flexibility index (Phi) is 10.3. The molecule has 3 aromatic rings. The molecule has 1 aliphatic carbocycles. The summed E-state index contributed by atoms with van der Waals surface area (Å²) in [4.78, 5) is 29.4. The molecular formula is C32H38N2O3S. The third-order valence-electron chi connectivity index (χ3n) is 7.23. The van der Waals surface area contributed by atoms with Crippen LogP contribution in [-0.4, -0.2) is 41.7 Å². The van der Waals surface area contributed by atoms with Gasteiger partial charge in [0.05, 0.1) is 12.9 Å². The first-order valence-corrected chi connectivity index (χ1v) is 14.6. The van der Waals surface area contributed by atoms with Crippen LogP contribution >= 0.6 is 11.8 Å². The van der Waals surface area contributed by atoms with Crippen molar-refractivity contribution < 1.29 is 14.3 Å². The van der Waals surface area contributed by atoms with Gasteiger partial charge in [0.2, 0.25) is 11.8 Å². The molecule has 4 rings (SSSR count). The number of nitrogens with zero attached hydrogens (tertiary/aromatic N) is 1. The Morgan fingerprint density at radius 3 is 2.32 bits per heavy atom. The number of carbonyl (C=O) groups is 2. The minimum Gasteiger partial charge on any atom is -0.497 e. The fourth-order valence-electron chi connectivity index (χ4n) is 4.95. The number of methoxy groups -OCH3 is 1. The van der Waals surface area contributed by atoms with Crippen LogP contribution in [0.1, 0.15) is 47.9 Å². The van der Waals surface area contributed by atoms with E-state index < -0.39 is 6.04 Å². The van der Waals surface area contributed by atoms with Crippen LogP contribution in [0.4, 0.5) is 0 Å². The second-order valence-corrected chi connectivity index (χ2v) is 11.0. The summed E-state index contributed by atoms with van der Waals surface area (Å²) in [6.07, 6.45) is 4.78. The molecule has 1 fully saturated rings. The first-order chi connectivity index (χ1) is 18.5. The number of ether oxygens (including phenoxy) is 1. The molecule has 1 unspecified atom stereocenters. The van der Waals surface area contributed by atoms with E-state index in [9.17, 15) is 9.59 Å². The van der Waals surface area contributed by atoms with Crippen molar-refractivity contribution in [3.8, 4) is 5.75 Å². The number of thioether (sulfide) groups is 1. The maximum absolute atomic E-state index is 13.8. The second kappa shape index (κ2) is 14.1. The maximum atomic E-state index is 13.8. The highest BCUT2D eigenvalue weighted by atomic mass is 32.2. The average Bonchev–Trinajstić information content (AvgIpc) is 3.45. The van der Waals surface area contributed by atoms with E-state index in [0.29, 0.717) is 24.5 Å².